The van der Waals surface area contributed by atoms with Crippen molar-refractivity contribution in [1.82, 2.24) is 9.88 Å². The van der Waals surface area contributed by atoms with Crippen molar-refractivity contribution in [1.29, 1.82) is 0 Å². The summed E-state index contributed by atoms with van der Waals surface area (Å²) >= 11 is 6.14. The van der Waals surface area contributed by atoms with Crippen molar-refractivity contribution < 1.29 is 29.3 Å². The molecule has 0 fully saturated rings. The number of nitrogens with one attached hydrogen (secondary N) is 1. The smallest absolute Gasteiger partial charge is 0.194 e. The Labute approximate surface area is 224 Å². The predicted octanol–water partition coefficient (Wildman–Crippen LogP) is 4.86. The van der Waals surface area contributed by atoms with Crippen molar-refractivity contribution in [2.75, 3.05) is 6.54 Å². The number of aromatic hydroxyl groups is 2. The maximum Gasteiger partial charge on any atom is 0.194 e. The molecule has 5 rings (SSSR count). The number of ether oxygens (including phenoxy) is 1. The van der Waals surface area contributed by atoms with E-state index in [0.717, 1.165) is 17.3 Å². The number of Topliss-reactive ketones (excluding diaryl/α,β-unsaturated/α-hetero) is 2. The van der Waals surface area contributed by atoms with Gasteiger partial charge in [-0.05, 0) is 57.7 Å². The fourth-order valence-electron chi connectivity index (χ4n) is 5.33. The number of rotatable bonds is 6. The maximum atomic E-state index is 13.9. The lowest BCUT2D eigenvalue weighted by Gasteiger charge is -2.29. The molecule has 0 saturated carbocycles. The van der Waals surface area contributed by atoms with Gasteiger partial charge in [-0.25, -0.2) is 0 Å². The first-order valence-corrected chi connectivity index (χ1v) is 12.6. The van der Waals surface area contributed by atoms with Gasteiger partial charge in [-0.2, -0.15) is 0 Å². The molecule has 1 atom stereocenters. The number of fused-ring (bicyclic) bond motifs is 4. The first-order chi connectivity index (χ1) is 18.0. The summed E-state index contributed by atoms with van der Waals surface area (Å²) in [5.74, 6) is -2.42. The lowest BCUT2D eigenvalue weighted by atomic mass is 9.70. The Balaban J connectivity index is 1.42. The minimum Gasteiger partial charge on any atom is -0.507 e. The van der Waals surface area contributed by atoms with Gasteiger partial charge in [-0.15, -0.1) is 0 Å². The summed E-state index contributed by atoms with van der Waals surface area (Å²) in [6.07, 6.45) is 3.93. The van der Waals surface area contributed by atoms with Gasteiger partial charge in [-0.1, -0.05) is 17.7 Å². The number of benzene rings is 2. The monoisotopic (exact) mass is 534 g/mol. The van der Waals surface area contributed by atoms with Crippen LogP contribution in [0.4, 0.5) is 0 Å². The third-order valence-electron chi connectivity index (χ3n) is 7.46. The van der Waals surface area contributed by atoms with Crippen LogP contribution in [-0.2, 0) is 21.5 Å². The van der Waals surface area contributed by atoms with E-state index >= 15 is 0 Å². The second kappa shape index (κ2) is 9.06. The van der Waals surface area contributed by atoms with Gasteiger partial charge in [0, 0.05) is 47.2 Å². The Bertz CT molecular complexity index is 1630. The lowest BCUT2D eigenvalue weighted by molar-refractivity contribution is -0.123. The highest BCUT2D eigenvalue weighted by Gasteiger charge is 2.56. The van der Waals surface area contributed by atoms with Gasteiger partial charge in [0.1, 0.15) is 34.0 Å². The van der Waals surface area contributed by atoms with Crippen molar-refractivity contribution in [3.63, 3.8) is 0 Å². The SMILES string of the molecule is CC(=O)c1c(O)c(C)c(O)c2c1OC1=CC(=O)C(=C(C)NCCCn3ccc4ccc(Cl)cc43)C(=O)C12C. The van der Waals surface area contributed by atoms with Crippen molar-refractivity contribution in [2.24, 2.45) is 0 Å². The van der Waals surface area contributed by atoms with E-state index in [2.05, 4.69) is 9.88 Å². The van der Waals surface area contributed by atoms with Crippen LogP contribution in [0.5, 0.6) is 17.2 Å². The zero-order chi connectivity index (χ0) is 27.5. The third kappa shape index (κ3) is 3.70. The fourth-order valence-corrected chi connectivity index (χ4v) is 5.49. The maximum absolute atomic E-state index is 13.9. The molecule has 2 aliphatic rings. The number of hydrogen-bond donors (Lipinski definition) is 3. The Morgan fingerprint density at radius 2 is 1.89 bits per heavy atom. The molecule has 2 aromatic carbocycles. The summed E-state index contributed by atoms with van der Waals surface area (Å²) in [7, 11) is 0. The van der Waals surface area contributed by atoms with Gasteiger partial charge in [0.25, 0.3) is 0 Å². The van der Waals surface area contributed by atoms with Crippen LogP contribution in [0, 0.1) is 6.92 Å². The van der Waals surface area contributed by atoms with Crippen LogP contribution < -0.4 is 10.1 Å². The van der Waals surface area contributed by atoms with Crippen molar-refractivity contribution >= 4 is 39.9 Å². The number of aryl methyl sites for hydroxylation is 1. The normalized spacial score (nSPS) is 19.7. The van der Waals surface area contributed by atoms with E-state index < -0.39 is 28.5 Å². The van der Waals surface area contributed by atoms with Gasteiger partial charge in [-0.3, -0.25) is 14.4 Å². The zero-order valence-electron chi connectivity index (χ0n) is 21.4. The summed E-state index contributed by atoms with van der Waals surface area (Å²) in [5.41, 5.74) is -0.132. The highest BCUT2D eigenvalue weighted by Crippen LogP contribution is 2.57. The van der Waals surface area contributed by atoms with E-state index in [-0.39, 0.29) is 39.5 Å². The minimum absolute atomic E-state index is 0.0139. The van der Waals surface area contributed by atoms with Crippen molar-refractivity contribution in [3.05, 3.63) is 75.3 Å². The second-order valence-electron chi connectivity index (χ2n) is 9.88. The van der Waals surface area contributed by atoms with Crippen LogP contribution in [0.15, 0.2) is 53.6 Å². The van der Waals surface area contributed by atoms with E-state index in [9.17, 15) is 24.6 Å². The highest BCUT2D eigenvalue weighted by atomic mass is 35.5. The molecule has 1 aliphatic carbocycles. The van der Waals surface area contributed by atoms with Crippen LogP contribution >= 0.6 is 11.6 Å². The van der Waals surface area contributed by atoms with Crippen LogP contribution in [0.3, 0.4) is 0 Å². The molecule has 2 heterocycles. The topological polar surface area (TPSA) is 118 Å². The molecular formula is C29H27ClN2O6. The van der Waals surface area contributed by atoms with Crippen LogP contribution in [0.1, 0.15) is 48.7 Å². The molecule has 196 valence electrons. The molecule has 0 amide bonds. The summed E-state index contributed by atoms with van der Waals surface area (Å²) in [6, 6.07) is 7.75. The predicted molar refractivity (Wildman–Crippen MR) is 143 cm³/mol. The number of ketones is 3. The molecule has 0 radical (unpaired) electrons. The molecule has 0 bridgehead atoms. The molecule has 8 nitrogen and oxygen atoms in total. The number of phenolic OH excluding ortho intramolecular Hbond substituents is 2. The fraction of sp³-hybridized carbons (Fsp3) is 0.276. The number of carbonyl (C=O) groups is 3. The molecule has 1 aliphatic heterocycles. The minimum atomic E-state index is -1.53. The number of allylic oxidation sites excluding steroid dienone is 4. The zero-order valence-corrected chi connectivity index (χ0v) is 22.2. The molecule has 1 unspecified atom stereocenters. The van der Waals surface area contributed by atoms with Crippen LogP contribution in [0.2, 0.25) is 5.02 Å². The molecule has 3 N–H and O–H groups in total. The molecule has 1 aromatic heterocycles. The van der Waals surface area contributed by atoms with Gasteiger partial charge < -0.3 is 24.8 Å². The van der Waals surface area contributed by atoms with Crippen molar-refractivity contribution in [2.45, 2.75) is 46.1 Å². The Morgan fingerprint density at radius 3 is 2.61 bits per heavy atom. The van der Waals surface area contributed by atoms with Gasteiger partial charge in [0.15, 0.2) is 17.3 Å². The Kier molecular flexibility index (Phi) is 6.10. The largest absolute Gasteiger partial charge is 0.507 e. The Morgan fingerprint density at radius 1 is 1.16 bits per heavy atom. The molecule has 9 heteroatoms. The lowest BCUT2D eigenvalue weighted by Crippen LogP contribution is -2.41. The number of phenols is 2. The number of carbonyl (C=O) groups excluding carboxylic acids is 3. The van der Waals surface area contributed by atoms with Crippen LogP contribution in [0.25, 0.3) is 10.9 Å². The first kappa shape index (κ1) is 25.6. The summed E-state index contributed by atoms with van der Waals surface area (Å²) in [4.78, 5) is 39.2. The highest BCUT2D eigenvalue weighted by molar-refractivity contribution is 6.31. The molecular weight excluding hydrogens is 508 g/mol. The summed E-state index contributed by atoms with van der Waals surface area (Å²) in [5, 5.41) is 26.4. The third-order valence-corrected chi connectivity index (χ3v) is 7.70. The number of aromatic nitrogens is 1. The summed E-state index contributed by atoms with van der Waals surface area (Å²) < 4.78 is 7.89. The van der Waals surface area contributed by atoms with Gasteiger partial charge in [0.2, 0.25) is 0 Å². The molecule has 38 heavy (non-hydrogen) atoms. The average Bonchev–Trinajstić information content (AvgIpc) is 3.38. The van der Waals surface area contributed by atoms with E-state index in [1.165, 1.54) is 19.9 Å². The molecule has 3 aromatic rings. The quantitative estimate of drug-likeness (QED) is 0.179. The average molecular weight is 535 g/mol. The number of halogens is 1. The van der Waals surface area contributed by atoms with E-state index in [0.29, 0.717) is 23.8 Å². The number of hydrogen-bond acceptors (Lipinski definition) is 7. The van der Waals surface area contributed by atoms with Gasteiger partial charge >= 0.3 is 0 Å². The molecule has 0 spiro atoms. The number of nitrogens with zero attached hydrogens (tertiary/aromatic N) is 1. The Hall–Kier alpha value is -4.04. The molecule has 0 saturated heterocycles. The van der Waals surface area contributed by atoms with Crippen molar-refractivity contribution in [3.8, 4) is 17.2 Å². The first-order valence-electron chi connectivity index (χ1n) is 12.2. The van der Waals surface area contributed by atoms with Crippen LogP contribution in [-0.4, -0.2) is 38.7 Å². The summed E-state index contributed by atoms with van der Waals surface area (Å²) in [6.45, 7) is 7.13. The van der Waals surface area contributed by atoms with E-state index in [1.54, 1.807) is 13.8 Å². The standard InChI is InChI=1S/C29H27ClN2O6/c1-14-25(35)23(16(3)33)27-24(26(14)36)29(4)21(38-27)13-20(34)22(28(29)37)15(2)31-9-5-10-32-11-8-17-6-7-18(30)12-19(17)32/h6-8,11-13,31,35-36H,5,9-10H2,1-4H3. The van der Waals surface area contributed by atoms with E-state index in [1.807, 2.05) is 30.5 Å². The van der Waals surface area contributed by atoms with E-state index in [4.69, 9.17) is 16.3 Å². The van der Waals surface area contributed by atoms with Gasteiger partial charge in [0.05, 0.1) is 11.1 Å². The second-order valence-corrected chi connectivity index (χ2v) is 10.3.